The van der Waals surface area contributed by atoms with E-state index >= 15 is 0 Å². The van der Waals surface area contributed by atoms with E-state index in [1.165, 1.54) is 14.2 Å². The third-order valence-electron chi connectivity index (χ3n) is 8.88. The number of aromatic nitrogens is 3. The molecule has 5 aromatic rings. The van der Waals surface area contributed by atoms with Crippen LogP contribution in [0.25, 0.3) is 39.0 Å². The molecule has 0 bridgehead atoms. The molecule has 234 valence electrons. The van der Waals surface area contributed by atoms with Crippen molar-refractivity contribution in [1.29, 1.82) is 0 Å². The van der Waals surface area contributed by atoms with Gasteiger partial charge in [-0.05, 0) is 24.1 Å². The van der Waals surface area contributed by atoms with Gasteiger partial charge < -0.3 is 19.5 Å². The highest BCUT2D eigenvalue weighted by Crippen LogP contribution is 2.41. The van der Waals surface area contributed by atoms with Crippen LogP contribution in [-0.4, -0.2) is 71.8 Å². The first-order chi connectivity index (χ1) is 22.4. The normalized spacial score (nSPS) is 15.5. The molecule has 3 aromatic carbocycles. The number of hydrogen-bond donors (Lipinski definition) is 1. The predicted molar refractivity (Wildman–Crippen MR) is 175 cm³/mol. The third kappa shape index (κ3) is 5.03. The lowest BCUT2D eigenvalue weighted by Gasteiger charge is -2.48. The van der Waals surface area contributed by atoms with E-state index in [4.69, 9.17) is 30.8 Å². The summed E-state index contributed by atoms with van der Waals surface area (Å²) in [6.07, 6.45) is 4.00. The minimum atomic E-state index is -0.0776. The van der Waals surface area contributed by atoms with Crippen molar-refractivity contribution >= 4 is 34.7 Å². The highest BCUT2D eigenvalue weighted by atomic mass is 35.5. The molecule has 0 atom stereocenters. The summed E-state index contributed by atoms with van der Waals surface area (Å²) in [7, 11) is 4.65. The molecule has 1 spiro atoms. The van der Waals surface area contributed by atoms with Crippen LogP contribution in [0, 0.1) is 0 Å². The predicted octanol–water partition coefficient (Wildman–Crippen LogP) is 5.71. The topological polar surface area (TPSA) is 108 Å². The second kappa shape index (κ2) is 11.8. The van der Waals surface area contributed by atoms with Gasteiger partial charge in [0.25, 0.3) is 0 Å². The minimum absolute atomic E-state index is 0.0776. The number of carbonyl (C=O) groups excluding carboxylic acids is 2. The van der Waals surface area contributed by atoms with E-state index in [9.17, 15) is 9.59 Å². The summed E-state index contributed by atoms with van der Waals surface area (Å²) in [5.74, 6) is 1.47. The van der Waals surface area contributed by atoms with E-state index in [0.29, 0.717) is 58.6 Å². The van der Waals surface area contributed by atoms with Crippen LogP contribution < -0.4 is 19.5 Å². The highest BCUT2D eigenvalue weighted by molar-refractivity contribution is 6.36. The molecule has 2 fully saturated rings. The number of methoxy groups -OCH3 is 3. The zero-order valence-electron chi connectivity index (χ0n) is 25.7. The van der Waals surface area contributed by atoms with Crippen LogP contribution in [0.5, 0.6) is 17.4 Å². The number of aldehydes is 1. The zero-order chi connectivity index (χ0) is 32.0. The first kappa shape index (κ1) is 29.8. The number of hydrogen-bond acceptors (Lipinski definition) is 8. The molecule has 2 aliphatic rings. The number of benzene rings is 3. The summed E-state index contributed by atoms with van der Waals surface area (Å²) in [5.41, 5.74) is 5.99. The Kier molecular flexibility index (Phi) is 7.62. The lowest BCUT2D eigenvalue weighted by atomic mass is 9.88. The molecular weight excluding hydrogens is 606 g/mol. The zero-order valence-corrected chi connectivity index (χ0v) is 26.4. The molecule has 46 heavy (non-hydrogen) atoms. The van der Waals surface area contributed by atoms with Gasteiger partial charge in [-0.2, -0.15) is 5.10 Å². The number of fused-ring (bicyclic) bond motifs is 1. The smallest absolute Gasteiger partial charge is 0.220 e. The molecule has 2 aliphatic heterocycles. The van der Waals surface area contributed by atoms with Gasteiger partial charge in [-0.25, -0.2) is 9.67 Å². The summed E-state index contributed by atoms with van der Waals surface area (Å²) in [5, 5.41) is 9.27. The third-order valence-corrected chi connectivity index (χ3v) is 9.29. The van der Waals surface area contributed by atoms with Crippen molar-refractivity contribution in [3.63, 3.8) is 0 Å². The van der Waals surface area contributed by atoms with Gasteiger partial charge in [-0.3, -0.25) is 14.5 Å². The van der Waals surface area contributed by atoms with Gasteiger partial charge in [0.15, 0.2) is 6.29 Å². The number of nitrogens with zero attached hydrogens (tertiary/aromatic N) is 4. The molecular formula is C35H32ClN5O5. The first-order valence-electron chi connectivity index (χ1n) is 14.9. The average molecular weight is 638 g/mol. The highest BCUT2D eigenvalue weighted by Gasteiger charge is 2.47. The Bertz CT molecular complexity index is 1980. The van der Waals surface area contributed by atoms with Gasteiger partial charge >= 0.3 is 0 Å². The average Bonchev–Trinajstić information content (AvgIpc) is 3.68. The van der Waals surface area contributed by atoms with E-state index in [1.54, 1.807) is 30.1 Å². The number of pyridine rings is 1. The van der Waals surface area contributed by atoms with E-state index in [1.807, 2.05) is 48.5 Å². The largest absolute Gasteiger partial charge is 0.496 e. The summed E-state index contributed by atoms with van der Waals surface area (Å²) in [6.45, 7) is 2.33. The molecule has 1 N–H and O–H groups in total. The number of rotatable bonds is 9. The second-order valence-corrected chi connectivity index (χ2v) is 12.1. The van der Waals surface area contributed by atoms with Crippen LogP contribution in [0.2, 0.25) is 5.02 Å². The van der Waals surface area contributed by atoms with Gasteiger partial charge in [0.2, 0.25) is 11.8 Å². The fraction of sp³-hybridized carbons (Fsp3) is 0.257. The summed E-state index contributed by atoms with van der Waals surface area (Å²) in [6, 6.07) is 19.4. The van der Waals surface area contributed by atoms with E-state index in [-0.39, 0.29) is 11.4 Å². The number of carbonyl (C=O) groups is 2. The summed E-state index contributed by atoms with van der Waals surface area (Å²) < 4.78 is 18.4. The molecule has 0 saturated carbocycles. The van der Waals surface area contributed by atoms with E-state index in [2.05, 4.69) is 15.3 Å². The van der Waals surface area contributed by atoms with Crippen molar-refractivity contribution in [2.24, 2.45) is 0 Å². The molecule has 0 aliphatic carbocycles. The van der Waals surface area contributed by atoms with Crippen molar-refractivity contribution in [2.45, 2.75) is 24.9 Å². The number of nitrogens with one attached hydrogen (secondary N) is 1. The van der Waals surface area contributed by atoms with Crippen LogP contribution >= 0.6 is 11.6 Å². The van der Waals surface area contributed by atoms with Gasteiger partial charge in [0.1, 0.15) is 11.5 Å². The number of likely N-dealkylation sites (tertiary alicyclic amines) is 1. The summed E-state index contributed by atoms with van der Waals surface area (Å²) >= 11 is 7.13. The molecule has 4 heterocycles. The Morgan fingerprint density at radius 3 is 2.35 bits per heavy atom. The Balaban J connectivity index is 1.21. The van der Waals surface area contributed by atoms with Gasteiger partial charge in [0.05, 0.1) is 60.5 Å². The number of amides is 1. The maximum absolute atomic E-state index is 11.7. The molecule has 7 rings (SSSR count). The van der Waals surface area contributed by atoms with Crippen molar-refractivity contribution < 1.29 is 23.8 Å². The maximum Gasteiger partial charge on any atom is 0.220 e. The fourth-order valence-electron chi connectivity index (χ4n) is 6.68. The Labute approximate surface area is 270 Å². The van der Waals surface area contributed by atoms with Crippen LogP contribution in [-0.2, 0) is 11.3 Å². The maximum atomic E-state index is 11.7. The molecule has 2 saturated heterocycles. The Hall–Kier alpha value is -4.93. The van der Waals surface area contributed by atoms with Crippen molar-refractivity contribution in [2.75, 3.05) is 34.4 Å². The lowest BCUT2D eigenvalue weighted by molar-refractivity contribution is -0.120. The standard InChI is InChI=1S/C35H32ClN5O5/c1-44-30-14-22(15-31(45-2)27(30)18-42)41-29-9-5-6-23(26(29)16-37-41)24-7-4-8-25(33(24)36)28-11-10-21(34(38-28)46-3)17-40-19-35(20-40)13-12-32(43)39-35/h4-11,14-16,18H,12-13,17,19-20H2,1-3H3,(H,39,43). The van der Waals surface area contributed by atoms with Crippen molar-refractivity contribution in [3.8, 4) is 45.5 Å². The van der Waals surface area contributed by atoms with Crippen molar-refractivity contribution in [1.82, 2.24) is 25.0 Å². The molecule has 11 heteroatoms. The monoisotopic (exact) mass is 637 g/mol. The fourth-order valence-corrected chi connectivity index (χ4v) is 7.01. The van der Waals surface area contributed by atoms with Gasteiger partial charge in [0, 0.05) is 60.3 Å². The molecule has 0 radical (unpaired) electrons. The van der Waals surface area contributed by atoms with Crippen LogP contribution in [0.3, 0.4) is 0 Å². The Morgan fingerprint density at radius 2 is 1.67 bits per heavy atom. The Morgan fingerprint density at radius 1 is 0.957 bits per heavy atom. The van der Waals surface area contributed by atoms with Crippen molar-refractivity contribution in [3.05, 3.63) is 83.0 Å². The van der Waals surface area contributed by atoms with Crippen LogP contribution in [0.4, 0.5) is 0 Å². The minimum Gasteiger partial charge on any atom is -0.496 e. The van der Waals surface area contributed by atoms with Gasteiger partial charge in [-0.1, -0.05) is 48.0 Å². The van der Waals surface area contributed by atoms with Gasteiger partial charge in [-0.15, -0.1) is 0 Å². The van der Waals surface area contributed by atoms with Crippen LogP contribution in [0.1, 0.15) is 28.8 Å². The van der Waals surface area contributed by atoms with E-state index < -0.39 is 0 Å². The van der Waals surface area contributed by atoms with E-state index in [0.717, 1.165) is 52.7 Å². The number of ether oxygens (including phenoxy) is 3. The molecule has 1 amide bonds. The lowest BCUT2D eigenvalue weighted by Crippen LogP contribution is -2.66. The summed E-state index contributed by atoms with van der Waals surface area (Å²) in [4.78, 5) is 30.6. The molecule has 10 nitrogen and oxygen atoms in total. The molecule has 0 unspecified atom stereocenters. The number of halogens is 1. The quantitative estimate of drug-likeness (QED) is 0.205. The SMILES string of the molecule is COc1cc(-n2ncc3c(-c4cccc(-c5ccc(CN6CC7(CCC(=O)N7)C6)c(OC)n5)c4Cl)cccc32)cc(OC)c1C=O. The van der Waals surface area contributed by atoms with Crippen LogP contribution in [0.15, 0.2) is 66.9 Å². The molecule has 2 aromatic heterocycles. The second-order valence-electron chi connectivity index (χ2n) is 11.7. The first-order valence-corrected chi connectivity index (χ1v) is 15.3.